The molecule has 0 spiro atoms. The van der Waals surface area contributed by atoms with E-state index in [1.807, 2.05) is 0 Å². The molecule has 1 aliphatic rings. The molecule has 2 atom stereocenters. The minimum Gasteiger partial charge on any atom is -0.399 e. The lowest BCUT2D eigenvalue weighted by atomic mass is 10.1. The predicted octanol–water partition coefficient (Wildman–Crippen LogP) is 0.663. The maximum atomic E-state index is 12.5. The molecule has 1 fully saturated rings. The minimum atomic E-state index is -0.593. The SMILES string of the molecule is COC1CN(C(=O)c2cc(N)ccc2[N+](=O)[O-])CC1OC. The number of nitrogens with zero attached hydrogens (tertiary/aromatic N) is 2. The van der Waals surface area contributed by atoms with Crippen LogP contribution in [0.2, 0.25) is 0 Å². The molecule has 1 amide bonds. The number of carbonyl (C=O) groups excluding carboxylic acids is 1. The molecule has 0 radical (unpaired) electrons. The number of nitro benzene ring substituents is 1. The Morgan fingerprint density at radius 2 is 1.90 bits per heavy atom. The maximum absolute atomic E-state index is 12.5. The van der Waals surface area contributed by atoms with E-state index in [9.17, 15) is 14.9 Å². The fourth-order valence-electron chi connectivity index (χ4n) is 2.42. The van der Waals surface area contributed by atoms with E-state index in [1.54, 1.807) is 0 Å². The summed E-state index contributed by atoms with van der Waals surface area (Å²) in [5.74, 6) is -0.449. The summed E-state index contributed by atoms with van der Waals surface area (Å²) in [6, 6.07) is 3.96. The molecule has 1 aromatic carbocycles. The summed E-state index contributed by atoms with van der Waals surface area (Å²) in [6.45, 7) is 0.638. The number of hydrogen-bond acceptors (Lipinski definition) is 6. The fraction of sp³-hybridized carbons (Fsp3) is 0.462. The molecule has 2 rings (SSSR count). The van der Waals surface area contributed by atoms with E-state index in [-0.39, 0.29) is 23.5 Å². The summed E-state index contributed by atoms with van der Waals surface area (Å²) in [5.41, 5.74) is 5.65. The van der Waals surface area contributed by atoms with Crippen LogP contribution in [0.1, 0.15) is 10.4 Å². The van der Waals surface area contributed by atoms with Gasteiger partial charge in [0.15, 0.2) is 0 Å². The molecule has 0 aromatic heterocycles. The van der Waals surface area contributed by atoms with Crippen molar-refractivity contribution in [2.45, 2.75) is 12.2 Å². The Kier molecular flexibility index (Phi) is 4.39. The van der Waals surface area contributed by atoms with Crippen molar-refractivity contribution in [3.8, 4) is 0 Å². The minimum absolute atomic E-state index is 0.0217. The molecule has 2 N–H and O–H groups in total. The van der Waals surface area contributed by atoms with Gasteiger partial charge in [0.1, 0.15) is 17.8 Å². The Hall–Kier alpha value is -2.19. The molecule has 1 aliphatic heterocycles. The van der Waals surface area contributed by atoms with Gasteiger partial charge in [-0.25, -0.2) is 0 Å². The van der Waals surface area contributed by atoms with Gasteiger partial charge in [-0.2, -0.15) is 0 Å². The normalized spacial score (nSPS) is 21.5. The Morgan fingerprint density at radius 3 is 2.38 bits per heavy atom. The van der Waals surface area contributed by atoms with Crippen molar-refractivity contribution in [3.63, 3.8) is 0 Å². The maximum Gasteiger partial charge on any atom is 0.282 e. The van der Waals surface area contributed by atoms with Crippen LogP contribution in [0.4, 0.5) is 11.4 Å². The number of ether oxygens (including phenoxy) is 2. The third-order valence-electron chi connectivity index (χ3n) is 3.56. The van der Waals surface area contributed by atoms with E-state index in [0.717, 1.165) is 0 Å². The summed E-state index contributed by atoms with van der Waals surface area (Å²) in [7, 11) is 3.07. The van der Waals surface area contributed by atoms with Gasteiger partial charge >= 0.3 is 0 Å². The Bertz CT molecular complexity index is 551. The van der Waals surface area contributed by atoms with Gasteiger partial charge in [-0.3, -0.25) is 14.9 Å². The van der Waals surface area contributed by atoms with E-state index in [2.05, 4.69) is 0 Å². The number of benzene rings is 1. The van der Waals surface area contributed by atoms with Crippen LogP contribution in [-0.4, -0.2) is 55.2 Å². The molecule has 1 aromatic rings. The molecular formula is C13H17N3O5. The molecule has 1 heterocycles. The number of rotatable bonds is 4. The molecule has 21 heavy (non-hydrogen) atoms. The number of methoxy groups -OCH3 is 2. The van der Waals surface area contributed by atoms with Crippen LogP contribution >= 0.6 is 0 Å². The third kappa shape index (κ3) is 2.96. The van der Waals surface area contributed by atoms with Crippen molar-refractivity contribution >= 4 is 17.3 Å². The van der Waals surface area contributed by atoms with Gasteiger partial charge in [0.05, 0.1) is 4.92 Å². The highest BCUT2D eigenvalue weighted by molar-refractivity contribution is 5.99. The molecule has 1 saturated heterocycles. The zero-order chi connectivity index (χ0) is 15.6. The average Bonchev–Trinajstić information content (AvgIpc) is 2.89. The van der Waals surface area contributed by atoms with Crippen molar-refractivity contribution in [2.24, 2.45) is 0 Å². The largest absolute Gasteiger partial charge is 0.399 e. The molecule has 0 bridgehead atoms. The highest BCUT2D eigenvalue weighted by Gasteiger charge is 2.37. The first kappa shape index (κ1) is 15.2. The second-order valence-electron chi connectivity index (χ2n) is 4.79. The van der Waals surface area contributed by atoms with Crippen molar-refractivity contribution in [2.75, 3.05) is 33.0 Å². The Balaban J connectivity index is 2.29. The lowest BCUT2D eigenvalue weighted by Crippen LogP contribution is -2.30. The number of anilines is 1. The number of nitrogens with two attached hydrogens (primary N) is 1. The van der Waals surface area contributed by atoms with E-state index in [4.69, 9.17) is 15.2 Å². The van der Waals surface area contributed by atoms with Gasteiger partial charge < -0.3 is 20.1 Å². The first-order valence-corrected chi connectivity index (χ1v) is 6.36. The van der Waals surface area contributed by atoms with Gasteiger partial charge in [0.2, 0.25) is 0 Å². The quantitative estimate of drug-likeness (QED) is 0.496. The zero-order valence-electron chi connectivity index (χ0n) is 11.8. The Morgan fingerprint density at radius 1 is 1.33 bits per heavy atom. The summed E-state index contributed by atoms with van der Waals surface area (Å²) < 4.78 is 10.5. The van der Waals surface area contributed by atoms with E-state index in [0.29, 0.717) is 18.8 Å². The van der Waals surface area contributed by atoms with Crippen LogP contribution in [0.5, 0.6) is 0 Å². The highest BCUT2D eigenvalue weighted by Crippen LogP contribution is 2.25. The number of nitro groups is 1. The summed E-state index contributed by atoms with van der Waals surface area (Å²) >= 11 is 0. The van der Waals surface area contributed by atoms with Crippen LogP contribution < -0.4 is 5.73 Å². The van der Waals surface area contributed by atoms with Crippen LogP contribution in [0.15, 0.2) is 18.2 Å². The summed E-state index contributed by atoms with van der Waals surface area (Å²) in [5, 5.41) is 11.0. The molecule has 0 aliphatic carbocycles. The number of hydrogen-bond donors (Lipinski definition) is 1. The summed E-state index contributed by atoms with van der Waals surface area (Å²) in [4.78, 5) is 24.4. The van der Waals surface area contributed by atoms with E-state index < -0.39 is 10.8 Å². The van der Waals surface area contributed by atoms with E-state index >= 15 is 0 Å². The summed E-state index contributed by atoms with van der Waals surface area (Å²) in [6.07, 6.45) is -0.502. The highest BCUT2D eigenvalue weighted by atomic mass is 16.6. The van der Waals surface area contributed by atoms with Crippen LogP contribution in [-0.2, 0) is 9.47 Å². The molecule has 114 valence electrons. The lowest BCUT2D eigenvalue weighted by Gasteiger charge is -2.16. The van der Waals surface area contributed by atoms with Crippen LogP contribution in [0.3, 0.4) is 0 Å². The van der Waals surface area contributed by atoms with Crippen LogP contribution in [0.25, 0.3) is 0 Å². The second-order valence-corrected chi connectivity index (χ2v) is 4.79. The molecule has 8 heteroatoms. The predicted molar refractivity (Wildman–Crippen MR) is 75.0 cm³/mol. The van der Waals surface area contributed by atoms with Crippen molar-refractivity contribution in [1.82, 2.24) is 4.90 Å². The van der Waals surface area contributed by atoms with Gasteiger partial charge in [0, 0.05) is 39.1 Å². The monoisotopic (exact) mass is 295 g/mol. The molecule has 0 saturated carbocycles. The van der Waals surface area contributed by atoms with Gasteiger partial charge in [-0.15, -0.1) is 0 Å². The van der Waals surface area contributed by atoms with Gasteiger partial charge in [-0.1, -0.05) is 0 Å². The average molecular weight is 295 g/mol. The third-order valence-corrected chi connectivity index (χ3v) is 3.56. The van der Waals surface area contributed by atoms with E-state index in [1.165, 1.54) is 37.3 Å². The van der Waals surface area contributed by atoms with Crippen LogP contribution in [0, 0.1) is 10.1 Å². The molecule has 8 nitrogen and oxygen atoms in total. The number of likely N-dealkylation sites (tertiary alicyclic amines) is 1. The fourth-order valence-corrected chi connectivity index (χ4v) is 2.42. The van der Waals surface area contributed by atoms with Gasteiger partial charge in [0.25, 0.3) is 11.6 Å². The van der Waals surface area contributed by atoms with Crippen molar-refractivity contribution in [3.05, 3.63) is 33.9 Å². The number of amides is 1. The van der Waals surface area contributed by atoms with Crippen molar-refractivity contribution in [1.29, 1.82) is 0 Å². The number of carbonyl (C=O) groups is 1. The number of nitrogen functional groups attached to an aromatic ring is 1. The molecule has 2 unspecified atom stereocenters. The Labute approximate surface area is 121 Å². The first-order chi connectivity index (χ1) is 9.97. The van der Waals surface area contributed by atoms with Crippen molar-refractivity contribution < 1.29 is 19.2 Å². The first-order valence-electron chi connectivity index (χ1n) is 6.36. The lowest BCUT2D eigenvalue weighted by molar-refractivity contribution is -0.385. The topological polar surface area (TPSA) is 108 Å². The smallest absolute Gasteiger partial charge is 0.282 e. The standard InChI is InChI=1S/C13H17N3O5/c1-20-11-6-15(7-12(11)21-2)13(17)9-5-8(14)3-4-10(9)16(18)19/h3-5,11-12H,6-7,14H2,1-2H3. The zero-order valence-corrected chi connectivity index (χ0v) is 11.8. The molecular weight excluding hydrogens is 278 g/mol. The second kappa shape index (κ2) is 6.06. The van der Waals surface area contributed by atoms with Gasteiger partial charge in [-0.05, 0) is 12.1 Å².